The second-order valence-corrected chi connectivity index (χ2v) is 6.60. The second-order valence-electron chi connectivity index (χ2n) is 6.60. The van der Waals surface area contributed by atoms with Crippen molar-refractivity contribution in [2.75, 3.05) is 6.54 Å². The van der Waals surface area contributed by atoms with Gasteiger partial charge in [-0.05, 0) is 23.3 Å². The van der Waals surface area contributed by atoms with E-state index in [4.69, 9.17) is 4.74 Å². The zero-order valence-electron chi connectivity index (χ0n) is 15.7. The molecule has 0 spiro atoms. The van der Waals surface area contributed by atoms with Gasteiger partial charge in [-0.25, -0.2) is 0 Å². The summed E-state index contributed by atoms with van der Waals surface area (Å²) in [5.74, 6) is -1.63. The largest absolute Gasteiger partial charge is 0.451 e. The Balaban J connectivity index is 1.45. The molecule has 3 aromatic carbocycles. The van der Waals surface area contributed by atoms with Crippen LogP contribution in [0.4, 0.5) is 8.78 Å². The molecule has 7 heteroatoms. The highest BCUT2D eigenvalue weighted by molar-refractivity contribution is 5.98. The molecule has 3 aromatic rings. The third-order valence-electron chi connectivity index (χ3n) is 4.77. The normalized spacial score (nSPS) is 12.2. The van der Waals surface area contributed by atoms with Crippen molar-refractivity contribution in [3.05, 3.63) is 89.5 Å². The predicted octanol–water partition coefficient (Wildman–Crippen LogP) is 4.33. The number of rotatable bonds is 6. The topological polar surface area (TPSA) is 64.6 Å². The summed E-state index contributed by atoms with van der Waals surface area (Å²) in [5, 5.41) is 2.40. The Hall–Kier alpha value is -3.74. The molecule has 1 N–H and O–H groups in total. The summed E-state index contributed by atoms with van der Waals surface area (Å²) < 4.78 is 35.0. The van der Waals surface area contributed by atoms with Gasteiger partial charge in [0, 0.05) is 11.1 Å². The van der Waals surface area contributed by atoms with Crippen LogP contribution in [-0.2, 0) is 9.53 Å². The monoisotopic (exact) mass is 409 g/mol. The number of fused-ring (bicyclic) bond motifs is 3. The molecular weight excluding hydrogens is 392 g/mol. The molecule has 1 amide bonds. The van der Waals surface area contributed by atoms with Crippen LogP contribution < -0.4 is 10.1 Å². The maximum atomic E-state index is 12.5. The van der Waals surface area contributed by atoms with Crippen LogP contribution in [0.1, 0.15) is 27.6 Å². The molecule has 30 heavy (non-hydrogen) atoms. The summed E-state index contributed by atoms with van der Waals surface area (Å²) >= 11 is 0. The summed E-state index contributed by atoms with van der Waals surface area (Å²) in [6.45, 7) is -3.48. The molecule has 0 aliphatic heterocycles. The van der Waals surface area contributed by atoms with Crippen molar-refractivity contribution < 1.29 is 27.8 Å². The van der Waals surface area contributed by atoms with E-state index in [1.807, 2.05) is 48.5 Å². The maximum Gasteiger partial charge on any atom is 0.387 e. The lowest BCUT2D eigenvalue weighted by Gasteiger charge is -2.16. The molecule has 0 saturated heterocycles. The number of alkyl halides is 2. The second kappa shape index (κ2) is 8.32. The van der Waals surface area contributed by atoms with Gasteiger partial charge in [0.1, 0.15) is 12.3 Å². The molecule has 0 unspecified atom stereocenters. The van der Waals surface area contributed by atoms with E-state index in [-0.39, 0.29) is 11.3 Å². The molecule has 0 aromatic heterocycles. The van der Waals surface area contributed by atoms with Crippen molar-refractivity contribution in [3.63, 3.8) is 0 Å². The van der Waals surface area contributed by atoms with Crippen LogP contribution in [0.5, 0.6) is 5.75 Å². The highest BCUT2D eigenvalue weighted by atomic mass is 19.3. The first-order valence-corrected chi connectivity index (χ1v) is 9.24. The van der Waals surface area contributed by atoms with Gasteiger partial charge in [-0.1, -0.05) is 60.7 Å². The maximum absolute atomic E-state index is 12.5. The van der Waals surface area contributed by atoms with Crippen molar-refractivity contribution in [1.29, 1.82) is 0 Å². The highest BCUT2D eigenvalue weighted by Gasteiger charge is 2.31. The van der Waals surface area contributed by atoms with E-state index in [0.717, 1.165) is 22.3 Å². The van der Waals surface area contributed by atoms with Crippen molar-refractivity contribution in [3.8, 4) is 16.9 Å². The average Bonchev–Trinajstić information content (AvgIpc) is 3.06. The molecule has 152 valence electrons. The number of nitrogens with one attached hydrogen (secondary N) is 1. The zero-order chi connectivity index (χ0) is 21.1. The molecule has 1 aliphatic rings. The number of esters is 1. The van der Waals surface area contributed by atoms with Gasteiger partial charge in [0.25, 0.3) is 5.91 Å². The zero-order valence-corrected chi connectivity index (χ0v) is 15.7. The van der Waals surface area contributed by atoms with Crippen LogP contribution in [0, 0.1) is 0 Å². The number of hydrogen-bond acceptors (Lipinski definition) is 4. The number of hydrogen-bond donors (Lipinski definition) is 1. The fraction of sp³-hybridized carbons (Fsp3) is 0.130. The van der Waals surface area contributed by atoms with Gasteiger partial charge in [-0.3, -0.25) is 9.59 Å². The van der Waals surface area contributed by atoms with E-state index in [1.54, 1.807) is 0 Å². The summed E-state index contributed by atoms with van der Waals surface area (Å²) in [4.78, 5) is 24.8. The summed E-state index contributed by atoms with van der Waals surface area (Å²) in [7, 11) is 0. The Labute approximate surface area is 171 Å². The van der Waals surface area contributed by atoms with Gasteiger partial charge in [-0.2, -0.15) is 8.78 Å². The summed E-state index contributed by atoms with van der Waals surface area (Å²) in [6.07, 6.45) is -0.573. The van der Waals surface area contributed by atoms with Crippen LogP contribution in [0.2, 0.25) is 0 Å². The van der Waals surface area contributed by atoms with Crippen molar-refractivity contribution >= 4 is 11.9 Å². The van der Waals surface area contributed by atoms with Gasteiger partial charge < -0.3 is 14.8 Å². The lowest BCUT2D eigenvalue weighted by Crippen LogP contribution is -2.31. The Morgan fingerprint density at radius 1 is 0.867 bits per heavy atom. The predicted molar refractivity (Wildman–Crippen MR) is 105 cm³/mol. The SMILES string of the molecule is O=C(CNC(=O)c1ccccc1OC(F)F)OC1c2ccccc2-c2ccccc21. The fourth-order valence-electron chi connectivity index (χ4n) is 3.51. The molecule has 0 heterocycles. The first kappa shape index (κ1) is 19.6. The molecule has 0 saturated carbocycles. The van der Waals surface area contributed by atoms with Crippen LogP contribution in [0.3, 0.4) is 0 Å². The van der Waals surface area contributed by atoms with Crippen molar-refractivity contribution in [2.45, 2.75) is 12.7 Å². The average molecular weight is 409 g/mol. The lowest BCUT2D eigenvalue weighted by atomic mass is 10.1. The standard InChI is InChI=1S/C23H17F2NO4/c24-23(25)29-19-12-6-5-11-18(19)22(28)26-13-20(27)30-21-16-9-3-1-7-14(16)15-8-2-4-10-17(15)21/h1-12,21,23H,13H2,(H,26,28). The van der Waals surface area contributed by atoms with Crippen LogP contribution in [-0.4, -0.2) is 25.0 Å². The molecule has 0 atom stereocenters. The first-order valence-electron chi connectivity index (χ1n) is 9.24. The number of carbonyl (C=O) groups is 2. The Morgan fingerprint density at radius 3 is 2.07 bits per heavy atom. The lowest BCUT2D eigenvalue weighted by molar-refractivity contribution is -0.146. The number of para-hydroxylation sites is 1. The number of amides is 1. The minimum absolute atomic E-state index is 0.0952. The van der Waals surface area contributed by atoms with E-state index in [9.17, 15) is 18.4 Å². The van der Waals surface area contributed by atoms with E-state index >= 15 is 0 Å². The number of ether oxygens (including phenoxy) is 2. The molecule has 0 bridgehead atoms. The Bertz CT molecular complexity index is 1050. The molecule has 0 radical (unpaired) electrons. The van der Waals surface area contributed by atoms with E-state index in [1.165, 1.54) is 24.3 Å². The van der Waals surface area contributed by atoms with Gasteiger partial charge >= 0.3 is 12.6 Å². The summed E-state index contributed by atoms with van der Waals surface area (Å²) in [6, 6.07) is 20.8. The van der Waals surface area contributed by atoms with E-state index in [2.05, 4.69) is 10.1 Å². The molecular formula is C23H17F2NO4. The number of carbonyl (C=O) groups excluding carboxylic acids is 2. The molecule has 4 rings (SSSR count). The van der Waals surface area contributed by atoms with Crippen LogP contribution in [0.25, 0.3) is 11.1 Å². The number of halogens is 2. The highest BCUT2D eigenvalue weighted by Crippen LogP contribution is 2.44. The molecule has 1 aliphatic carbocycles. The van der Waals surface area contributed by atoms with Gasteiger partial charge in [0.2, 0.25) is 0 Å². The minimum Gasteiger partial charge on any atom is -0.451 e. The Kier molecular flexibility index (Phi) is 5.43. The smallest absolute Gasteiger partial charge is 0.387 e. The third kappa shape index (κ3) is 3.87. The van der Waals surface area contributed by atoms with E-state index < -0.39 is 31.1 Å². The van der Waals surface area contributed by atoms with Crippen LogP contribution in [0.15, 0.2) is 72.8 Å². The van der Waals surface area contributed by atoms with Crippen LogP contribution >= 0.6 is 0 Å². The van der Waals surface area contributed by atoms with Crippen molar-refractivity contribution in [2.24, 2.45) is 0 Å². The van der Waals surface area contributed by atoms with Crippen molar-refractivity contribution in [1.82, 2.24) is 5.32 Å². The third-order valence-corrected chi connectivity index (χ3v) is 4.77. The minimum atomic E-state index is -3.06. The van der Waals surface area contributed by atoms with Gasteiger partial charge in [0.05, 0.1) is 5.56 Å². The molecule has 0 fully saturated rings. The quantitative estimate of drug-likeness (QED) is 0.616. The summed E-state index contributed by atoms with van der Waals surface area (Å²) in [5.41, 5.74) is 3.63. The first-order chi connectivity index (χ1) is 14.5. The number of benzene rings is 3. The van der Waals surface area contributed by atoms with Gasteiger partial charge in [0.15, 0.2) is 6.10 Å². The van der Waals surface area contributed by atoms with E-state index in [0.29, 0.717) is 0 Å². The van der Waals surface area contributed by atoms with Gasteiger partial charge in [-0.15, -0.1) is 0 Å². The molecule has 5 nitrogen and oxygen atoms in total. The Morgan fingerprint density at radius 2 is 1.43 bits per heavy atom. The fourth-order valence-corrected chi connectivity index (χ4v) is 3.51.